The van der Waals surface area contributed by atoms with Gasteiger partial charge in [0, 0.05) is 25.1 Å². The number of carbonyl (C=O) groups is 4. The Balaban J connectivity index is 1.82. The van der Waals surface area contributed by atoms with Crippen LogP contribution in [-0.2, 0) is 27.5 Å². The summed E-state index contributed by atoms with van der Waals surface area (Å²) in [5, 5.41) is 11.5. The second-order valence-corrected chi connectivity index (χ2v) is 5.42. The molecule has 0 radical (unpaired) electrons. The Morgan fingerprint density at radius 3 is 2.82 bits per heavy atom. The molecule has 2 aliphatic rings. The number of nitrogens with zero attached hydrogens (tertiary/aromatic N) is 1. The van der Waals surface area contributed by atoms with E-state index in [9.17, 15) is 19.2 Å². The highest BCUT2D eigenvalue weighted by Crippen LogP contribution is 2.24. The van der Waals surface area contributed by atoms with E-state index in [2.05, 4.69) is 5.32 Å². The third kappa shape index (κ3) is 2.34. The number of ketones is 1. The zero-order valence-corrected chi connectivity index (χ0v) is 11.7. The number of aliphatic carboxylic acids is 1. The number of hydrogen-bond acceptors (Lipinski definition) is 4. The van der Waals surface area contributed by atoms with E-state index in [1.54, 1.807) is 18.2 Å². The quantitative estimate of drug-likeness (QED) is 0.766. The number of carbonyl (C=O) groups excluding carboxylic acids is 3. The number of likely N-dealkylation sites (tertiary alicyclic amines) is 1. The van der Waals surface area contributed by atoms with Crippen molar-refractivity contribution in [2.24, 2.45) is 0 Å². The van der Waals surface area contributed by atoms with E-state index in [-0.39, 0.29) is 31.2 Å². The van der Waals surface area contributed by atoms with Crippen molar-refractivity contribution in [3.8, 4) is 0 Å². The van der Waals surface area contributed by atoms with Gasteiger partial charge in [-0.15, -0.1) is 0 Å². The first-order chi connectivity index (χ1) is 10.5. The highest BCUT2D eigenvalue weighted by Gasteiger charge is 2.38. The van der Waals surface area contributed by atoms with Crippen molar-refractivity contribution in [1.82, 2.24) is 10.2 Å². The number of carboxylic acid groups (broad SMARTS) is 1. The molecule has 1 saturated heterocycles. The van der Waals surface area contributed by atoms with E-state index < -0.39 is 17.8 Å². The Hall–Kier alpha value is -2.70. The van der Waals surface area contributed by atoms with Crippen LogP contribution in [0.2, 0.25) is 0 Å². The second-order valence-electron chi connectivity index (χ2n) is 5.42. The molecule has 7 nitrogen and oxygen atoms in total. The maximum Gasteiger partial charge on any atom is 0.374 e. The monoisotopic (exact) mass is 302 g/mol. The highest BCUT2D eigenvalue weighted by atomic mass is 16.4. The zero-order valence-electron chi connectivity index (χ0n) is 11.7. The predicted molar refractivity (Wildman–Crippen MR) is 73.8 cm³/mol. The first-order valence-electron chi connectivity index (χ1n) is 6.94. The van der Waals surface area contributed by atoms with Crippen LogP contribution in [0.5, 0.6) is 0 Å². The molecule has 0 aliphatic carbocycles. The minimum atomic E-state index is -1.52. The highest BCUT2D eigenvalue weighted by molar-refractivity contribution is 6.35. The number of rotatable bonds is 4. The number of amides is 2. The fourth-order valence-electron chi connectivity index (χ4n) is 2.93. The third-order valence-corrected chi connectivity index (χ3v) is 4.05. The largest absolute Gasteiger partial charge is 0.475 e. The maximum atomic E-state index is 11.9. The van der Waals surface area contributed by atoms with Crippen LogP contribution >= 0.6 is 0 Å². The Morgan fingerprint density at radius 1 is 1.32 bits per heavy atom. The Morgan fingerprint density at radius 2 is 2.09 bits per heavy atom. The molecule has 0 spiro atoms. The molecule has 2 amide bonds. The molecule has 1 atom stereocenters. The van der Waals surface area contributed by atoms with Crippen LogP contribution in [0, 0.1) is 0 Å². The Labute approximate surface area is 125 Å². The fraction of sp³-hybridized carbons (Fsp3) is 0.333. The molecule has 1 aromatic rings. The van der Waals surface area contributed by atoms with Crippen LogP contribution in [0.25, 0.3) is 0 Å². The zero-order chi connectivity index (χ0) is 15.9. The molecular weight excluding hydrogens is 288 g/mol. The van der Waals surface area contributed by atoms with Crippen LogP contribution in [0.4, 0.5) is 0 Å². The van der Waals surface area contributed by atoms with E-state index in [1.807, 2.05) is 0 Å². The molecule has 0 bridgehead atoms. The van der Waals surface area contributed by atoms with Gasteiger partial charge in [0.05, 0.1) is 0 Å². The molecule has 7 heteroatoms. The van der Waals surface area contributed by atoms with Gasteiger partial charge < -0.3 is 15.3 Å². The summed E-state index contributed by atoms with van der Waals surface area (Å²) in [6.45, 7) is 0.609. The van der Waals surface area contributed by atoms with Crippen molar-refractivity contribution in [1.29, 1.82) is 0 Å². The molecule has 114 valence electrons. The average molecular weight is 302 g/mol. The summed E-state index contributed by atoms with van der Waals surface area (Å²) in [7, 11) is 0. The molecule has 22 heavy (non-hydrogen) atoms. The molecular formula is C15H14N2O5. The molecule has 1 unspecified atom stereocenters. The van der Waals surface area contributed by atoms with Crippen molar-refractivity contribution in [3.05, 3.63) is 34.9 Å². The first kappa shape index (κ1) is 14.2. The van der Waals surface area contributed by atoms with Gasteiger partial charge in [0.15, 0.2) is 0 Å². The lowest BCUT2D eigenvalue weighted by molar-refractivity contribution is -0.152. The fourth-order valence-corrected chi connectivity index (χ4v) is 2.93. The third-order valence-electron chi connectivity index (χ3n) is 4.05. The molecule has 2 heterocycles. The summed E-state index contributed by atoms with van der Waals surface area (Å²) in [5.41, 5.74) is 2.22. The molecule has 2 aliphatic heterocycles. The Bertz CT molecular complexity index is 697. The normalized spacial score (nSPS) is 20.0. The average Bonchev–Trinajstić information content (AvgIpc) is 3.03. The summed E-state index contributed by atoms with van der Waals surface area (Å²) in [6.07, 6.45) is 0.406. The summed E-state index contributed by atoms with van der Waals surface area (Å²) < 4.78 is 0. The van der Waals surface area contributed by atoms with Gasteiger partial charge in [0.2, 0.25) is 5.91 Å². The summed E-state index contributed by atoms with van der Waals surface area (Å²) in [5.74, 6) is -2.83. The molecule has 2 N–H and O–H groups in total. The smallest absolute Gasteiger partial charge is 0.374 e. The van der Waals surface area contributed by atoms with Gasteiger partial charge in [-0.3, -0.25) is 14.4 Å². The number of hydrogen-bond donors (Lipinski definition) is 2. The van der Waals surface area contributed by atoms with Gasteiger partial charge in [0.1, 0.15) is 6.04 Å². The van der Waals surface area contributed by atoms with E-state index >= 15 is 0 Å². The first-order valence-corrected chi connectivity index (χ1v) is 6.94. The lowest BCUT2D eigenvalue weighted by atomic mass is 10.0. The Kier molecular flexibility index (Phi) is 3.40. The molecule has 1 aromatic carbocycles. The lowest BCUT2D eigenvalue weighted by Gasteiger charge is -2.22. The van der Waals surface area contributed by atoms with Gasteiger partial charge >= 0.3 is 5.97 Å². The standard InChI is InChI=1S/C15H14N2O5/c18-12-4-3-11(13(19)15(21)22)17(12)7-8-1-2-10-9(5-8)6-16-14(10)20/h1-2,5,11H,3-4,6-7H2,(H,16,20)(H,21,22). The molecule has 1 fully saturated rings. The topological polar surface area (TPSA) is 104 Å². The predicted octanol–water partition coefficient (Wildman–Crippen LogP) is 0.0747. The van der Waals surface area contributed by atoms with Crippen molar-refractivity contribution in [2.45, 2.75) is 32.0 Å². The van der Waals surface area contributed by atoms with E-state index in [0.29, 0.717) is 12.1 Å². The number of fused-ring (bicyclic) bond motifs is 1. The van der Waals surface area contributed by atoms with Gasteiger partial charge in [0.25, 0.3) is 11.7 Å². The summed E-state index contributed by atoms with van der Waals surface area (Å²) >= 11 is 0. The molecule has 0 aromatic heterocycles. The van der Waals surface area contributed by atoms with Crippen molar-refractivity contribution in [2.75, 3.05) is 0 Å². The lowest BCUT2D eigenvalue weighted by Crippen LogP contribution is -2.41. The van der Waals surface area contributed by atoms with Crippen LogP contribution in [0.15, 0.2) is 18.2 Å². The van der Waals surface area contributed by atoms with Gasteiger partial charge in [-0.05, 0) is 23.6 Å². The maximum absolute atomic E-state index is 11.9. The second kappa shape index (κ2) is 5.25. The minimum absolute atomic E-state index is 0.127. The summed E-state index contributed by atoms with van der Waals surface area (Å²) in [4.78, 5) is 47.2. The van der Waals surface area contributed by atoms with Gasteiger partial charge in [-0.25, -0.2) is 4.79 Å². The van der Waals surface area contributed by atoms with Crippen molar-refractivity contribution >= 4 is 23.6 Å². The SMILES string of the molecule is O=C(O)C(=O)C1CCC(=O)N1Cc1ccc2c(c1)CNC2=O. The number of nitrogens with one attached hydrogen (secondary N) is 1. The van der Waals surface area contributed by atoms with E-state index in [4.69, 9.17) is 5.11 Å². The van der Waals surface area contributed by atoms with Crippen LogP contribution < -0.4 is 5.32 Å². The van der Waals surface area contributed by atoms with Gasteiger partial charge in [-0.1, -0.05) is 12.1 Å². The minimum Gasteiger partial charge on any atom is -0.475 e. The van der Waals surface area contributed by atoms with Crippen LogP contribution in [0.1, 0.15) is 34.3 Å². The summed E-state index contributed by atoms with van der Waals surface area (Å²) in [6, 6.07) is 4.30. The van der Waals surface area contributed by atoms with Gasteiger partial charge in [-0.2, -0.15) is 0 Å². The van der Waals surface area contributed by atoms with Crippen LogP contribution in [0.3, 0.4) is 0 Å². The molecule has 0 saturated carbocycles. The molecule has 3 rings (SSSR count). The van der Waals surface area contributed by atoms with Crippen LogP contribution in [-0.4, -0.2) is 39.6 Å². The number of carboxylic acids is 1. The number of Topliss-reactive ketones (excluding diaryl/α,β-unsaturated/α-hetero) is 1. The van der Waals surface area contributed by atoms with E-state index in [0.717, 1.165) is 11.1 Å². The van der Waals surface area contributed by atoms with E-state index in [1.165, 1.54) is 4.90 Å². The number of benzene rings is 1. The van der Waals surface area contributed by atoms with Crippen molar-refractivity contribution < 1.29 is 24.3 Å². The van der Waals surface area contributed by atoms with Crippen molar-refractivity contribution in [3.63, 3.8) is 0 Å².